The number of rotatable bonds is 5. The number of nitrogens with one attached hydrogen (secondary N) is 2. The van der Waals surface area contributed by atoms with Crippen LogP contribution in [0.4, 0.5) is 0 Å². The van der Waals surface area contributed by atoms with Crippen LogP contribution in [0.3, 0.4) is 0 Å². The summed E-state index contributed by atoms with van der Waals surface area (Å²) >= 11 is 0. The highest BCUT2D eigenvalue weighted by atomic mass is 16.2. The molecule has 0 spiro atoms. The minimum Gasteiger partial charge on any atom is -0.352 e. The van der Waals surface area contributed by atoms with E-state index in [1.807, 2.05) is 18.2 Å². The van der Waals surface area contributed by atoms with E-state index < -0.39 is 6.04 Å². The van der Waals surface area contributed by atoms with Crippen molar-refractivity contribution in [1.82, 2.24) is 10.6 Å². The number of nitrogens with two attached hydrogens (primary N) is 1. The molecule has 18 heavy (non-hydrogen) atoms. The van der Waals surface area contributed by atoms with Gasteiger partial charge in [0.15, 0.2) is 0 Å². The van der Waals surface area contributed by atoms with Crippen molar-refractivity contribution in [2.24, 2.45) is 5.73 Å². The standard InChI is InChI=1S/C13H17N3O2/c14-12(9-4-2-1-3-5-9)13(18)15-8-11(17)16-10-6-7-10/h1-5,10,12H,6-8,14H2,(H,15,18)(H,16,17). The fourth-order valence-corrected chi connectivity index (χ4v) is 1.60. The third-order valence-corrected chi connectivity index (χ3v) is 2.81. The van der Waals surface area contributed by atoms with Crippen molar-refractivity contribution in [3.05, 3.63) is 35.9 Å². The van der Waals surface area contributed by atoms with Gasteiger partial charge in [0.05, 0.1) is 6.54 Å². The van der Waals surface area contributed by atoms with Gasteiger partial charge in [0.25, 0.3) is 0 Å². The van der Waals surface area contributed by atoms with E-state index in [0.717, 1.165) is 18.4 Å². The quantitative estimate of drug-likeness (QED) is 0.689. The summed E-state index contributed by atoms with van der Waals surface area (Å²) in [5.41, 5.74) is 6.53. The van der Waals surface area contributed by atoms with E-state index in [4.69, 9.17) is 5.73 Å². The first kappa shape index (κ1) is 12.6. The maximum absolute atomic E-state index is 11.7. The first-order valence-corrected chi connectivity index (χ1v) is 6.04. The van der Waals surface area contributed by atoms with Gasteiger partial charge in [-0.2, -0.15) is 0 Å². The van der Waals surface area contributed by atoms with E-state index in [9.17, 15) is 9.59 Å². The highest BCUT2D eigenvalue weighted by molar-refractivity contribution is 5.88. The van der Waals surface area contributed by atoms with Gasteiger partial charge in [-0.25, -0.2) is 0 Å². The van der Waals surface area contributed by atoms with Crippen LogP contribution in [-0.2, 0) is 9.59 Å². The van der Waals surface area contributed by atoms with Crippen LogP contribution < -0.4 is 16.4 Å². The molecule has 1 aliphatic carbocycles. The van der Waals surface area contributed by atoms with Gasteiger partial charge >= 0.3 is 0 Å². The Labute approximate surface area is 106 Å². The summed E-state index contributed by atoms with van der Waals surface area (Å²) in [6.07, 6.45) is 2.06. The summed E-state index contributed by atoms with van der Waals surface area (Å²) in [6.45, 7) is -0.0180. The molecule has 0 aromatic heterocycles. The van der Waals surface area contributed by atoms with Crippen LogP contribution >= 0.6 is 0 Å². The molecule has 2 rings (SSSR count). The summed E-state index contributed by atoms with van der Waals surface area (Å²) in [7, 11) is 0. The Kier molecular flexibility index (Phi) is 3.94. The molecule has 0 radical (unpaired) electrons. The Morgan fingerprint density at radius 1 is 1.28 bits per heavy atom. The van der Waals surface area contributed by atoms with Crippen LogP contribution in [0.1, 0.15) is 24.4 Å². The molecule has 5 nitrogen and oxygen atoms in total. The maximum Gasteiger partial charge on any atom is 0.241 e. The van der Waals surface area contributed by atoms with Gasteiger partial charge in [-0.05, 0) is 18.4 Å². The molecule has 0 heterocycles. The van der Waals surface area contributed by atoms with Gasteiger partial charge in [0.1, 0.15) is 6.04 Å². The second kappa shape index (κ2) is 5.64. The second-order valence-electron chi connectivity index (χ2n) is 4.45. The Hall–Kier alpha value is -1.88. The van der Waals surface area contributed by atoms with E-state index in [1.165, 1.54) is 0 Å². The van der Waals surface area contributed by atoms with Crippen LogP contribution in [0.25, 0.3) is 0 Å². The number of amides is 2. The van der Waals surface area contributed by atoms with Crippen LogP contribution in [0.15, 0.2) is 30.3 Å². The molecule has 5 heteroatoms. The Bertz CT molecular complexity index is 429. The van der Waals surface area contributed by atoms with Gasteiger partial charge in [0, 0.05) is 6.04 Å². The molecule has 1 saturated carbocycles. The lowest BCUT2D eigenvalue weighted by atomic mass is 10.1. The summed E-state index contributed by atoms with van der Waals surface area (Å²) in [5, 5.41) is 5.33. The lowest BCUT2D eigenvalue weighted by Crippen LogP contribution is -2.41. The molecule has 0 saturated heterocycles. The summed E-state index contributed by atoms with van der Waals surface area (Å²) in [6, 6.07) is 8.64. The van der Waals surface area contributed by atoms with Gasteiger partial charge in [0.2, 0.25) is 11.8 Å². The minimum absolute atomic E-state index is 0.0180. The van der Waals surface area contributed by atoms with Crippen molar-refractivity contribution in [3.63, 3.8) is 0 Å². The van der Waals surface area contributed by atoms with Crippen molar-refractivity contribution in [2.45, 2.75) is 24.9 Å². The van der Waals surface area contributed by atoms with Gasteiger partial charge in [-0.1, -0.05) is 30.3 Å². The third-order valence-electron chi connectivity index (χ3n) is 2.81. The zero-order valence-electron chi connectivity index (χ0n) is 10.1. The highest BCUT2D eigenvalue weighted by Gasteiger charge is 2.23. The predicted octanol–water partition coefficient (Wildman–Crippen LogP) is 0.0812. The largest absolute Gasteiger partial charge is 0.352 e. The van der Waals surface area contributed by atoms with Crippen LogP contribution in [0, 0.1) is 0 Å². The van der Waals surface area contributed by atoms with E-state index in [0.29, 0.717) is 6.04 Å². The molecule has 1 aromatic carbocycles. The average Bonchev–Trinajstić information content (AvgIpc) is 3.20. The molecule has 0 bridgehead atoms. The maximum atomic E-state index is 11.7. The predicted molar refractivity (Wildman–Crippen MR) is 67.5 cm³/mol. The van der Waals surface area contributed by atoms with Crippen LogP contribution in [0.5, 0.6) is 0 Å². The Morgan fingerprint density at radius 3 is 2.56 bits per heavy atom. The Balaban J connectivity index is 1.78. The highest BCUT2D eigenvalue weighted by Crippen LogP contribution is 2.18. The molecule has 1 atom stereocenters. The van der Waals surface area contributed by atoms with Crippen molar-refractivity contribution >= 4 is 11.8 Å². The van der Waals surface area contributed by atoms with Gasteiger partial charge in [-0.15, -0.1) is 0 Å². The van der Waals surface area contributed by atoms with Crippen LogP contribution in [0.2, 0.25) is 0 Å². The molecule has 4 N–H and O–H groups in total. The van der Waals surface area contributed by atoms with E-state index >= 15 is 0 Å². The molecule has 1 unspecified atom stereocenters. The Morgan fingerprint density at radius 2 is 1.94 bits per heavy atom. The van der Waals surface area contributed by atoms with Crippen molar-refractivity contribution < 1.29 is 9.59 Å². The topological polar surface area (TPSA) is 84.2 Å². The van der Waals surface area contributed by atoms with Gasteiger partial charge < -0.3 is 16.4 Å². The molecule has 96 valence electrons. The SMILES string of the molecule is NC(C(=O)NCC(=O)NC1CC1)c1ccccc1. The zero-order chi connectivity index (χ0) is 13.0. The van der Waals surface area contributed by atoms with E-state index in [1.54, 1.807) is 12.1 Å². The second-order valence-corrected chi connectivity index (χ2v) is 4.45. The van der Waals surface area contributed by atoms with Crippen molar-refractivity contribution in [3.8, 4) is 0 Å². The number of carbonyl (C=O) groups is 2. The summed E-state index contributed by atoms with van der Waals surface area (Å²) < 4.78 is 0. The molecular weight excluding hydrogens is 230 g/mol. The molecule has 1 aromatic rings. The van der Waals surface area contributed by atoms with Crippen molar-refractivity contribution in [1.29, 1.82) is 0 Å². The first-order valence-electron chi connectivity index (χ1n) is 6.04. The fraction of sp³-hybridized carbons (Fsp3) is 0.385. The average molecular weight is 247 g/mol. The summed E-state index contributed by atoms with van der Waals surface area (Å²) in [4.78, 5) is 23.1. The smallest absolute Gasteiger partial charge is 0.241 e. The number of carbonyl (C=O) groups excluding carboxylic acids is 2. The number of benzene rings is 1. The first-order chi connectivity index (χ1) is 8.66. The number of hydrogen-bond acceptors (Lipinski definition) is 3. The molecule has 2 amide bonds. The van der Waals surface area contributed by atoms with E-state index in [2.05, 4.69) is 10.6 Å². The molecular formula is C13H17N3O2. The lowest BCUT2D eigenvalue weighted by Gasteiger charge is -2.12. The van der Waals surface area contributed by atoms with Crippen LogP contribution in [-0.4, -0.2) is 24.4 Å². The van der Waals surface area contributed by atoms with Gasteiger partial charge in [-0.3, -0.25) is 9.59 Å². The monoisotopic (exact) mass is 247 g/mol. The molecule has 0 aliphatic heterocycles. The fourth-order valence-electron chi connectivity index (χ4n) is 1.60. The number of hydrogen-bond donors (Lipinski definition) is 3. The minimum atomic E-state index is -0.736. The summed E-state index contributed by atoms with van der Waals surface area (Å²) in [5.74, 6) is -0.502. The normalized spacial score (nSPS) is 15.8. The third kappa shape index (κ3) is 3.56. The van der Waals surface area contributed by atoms with Crippen molar-refractivity contribution in [2.75, 3.05) is 6.54 Å². The molecule has 1 fully saturated rings. The lowest BCUT2D eigenvalue weighted by molar-refractivity contribution is -0.127. The zero-order valence-corrected chi connectivity index (χ0v) is 10.1. The van der Waals surface area contributed by atoms with E-state index in [-0.39, 0.29) is 18.4 Å². The molecule has 1 aliphatic rings.